The van der Waals surface area contributed by atoms with E-state index in [9.17, 15) is 19.2 Å². The van der Waals surface area contributed by atoms with E-state index in [4.69, 9.17) is 9.47 Å². The van der Waals surface area contributed by atoms with Crippen LogP contribution in [-0.4, -0.2) is 71.6 Å². The van der Waals surface area contributed by atoms with E-state index in [1.165, 1.54) is 0 Å². The molecule has 10 heteroatoms. The highest BCUT2D eigenvalue weighted by Gasteiger charge is 2.38. The molecule has 1 aromatic rings. The number of alkyl carbamates (subject to hydrolysis) is 1. The van der Waals surface area contributed by atoms with Gasteiger partial charge in [0.1, 0.15) is 17.7 Å². The maximum atomic E-state index is 14.4. The minimum atomic E-state index is -1.01. The second kappa shape index (κ2) is 18.5. The van der Waals surface area contributed by atoms with Crippen LogP contribution in [0.3, 0.4) is 0 Å². The zero-order chi connectivity index (χ0) is 31.9. The molecule has 3 unspecified atom stereocenters. The molecule has 0 fully saturated rings. The van der Waals surface area contributed by atoms with E-state index in [0.29, 0.717) is 30.1 Å². The molecule has 0 aliphatic rings. The molecule has 0 saturated carbocycles. The van der Waals surface area contributed by atoms with E-state index in [2.05, 4.69) is 31.1 Å². The molecule has 0 aromatic heterocycles. The second-order valence-electron chi connectivity index (χ2n) is 11.7. The van der Waals surface area contributed by atoms with E-state index in [0.717, 1.165) is 12.0 Å². The standard InChI is InChI=1S/C32H51N3O6S/c1-10-24-13-12-14-25(21-24)28(29(37)33-19-17-27(36)40-11-2)35(23(5)16-15-22(3)4)30(38)26(18-20-42-9)34-31(39)41-32(6,7)8/h10,12-14,21-23,26,28H,1,11,15-20H2,2-9H3,(H,33,37)(H,34,39). The van der Waals surface area contributed by atoms with Crippen LogP contribution >= 0.6 is 11.8 Å². The van der Waals surface area contributed by atoms with Crippen LogP contribution in [0, 0.1) is 5.92 Å². The number of rotatable bonds is 17. The predicted octanol–water partition coefficient (Wildman–Crippen LogP) is 5.74. The third-order valence-electron chi connectivity index (χ3n) is 6.41. The van der Waals surface area contributed by atoms with E-state index in [1.54, 1.807) is 56.5 Å². The van der Waals surface area contributed by atoms with E-state index in [-0.39, 0.29) is 31.5 Å². The van der Waals surface area contributed by atoms with Gasteiger partial charge in [-0.05, 0) is 89.0 Å². The largest absolute Gasteiger partial charge is 0.466 e. The van der Waals surface area contributed by atoms with Gasteiger partial charge in [0.05, 0.1) is 13.0 Å². The average molecular weight is 606 g/mol. The van der Waals surface area contributed by atoms with E-state index >= 15 is 0 Å². The Morgan fingerprint density at radius 1 is 1.10 bits per heavy atom. The summed E-state index contributed by atoms with van der Waals surface area (Å²) in [6.07, 6.45) is 4.77. The van der Waals surface area contributed by atoms with Gasteiger partial charge >= 0.3 is 12.1 Å². The van der Waals surface area contributed by atoms with Crippen LogP contribution < -0.4 is 10.6 Å². The highest BCUT2D eigenvalue weighted by atomic mass is 32.2. The summed E-state index contributed by atoms with van der Waals surface area (Å²) in [5, 5.41) is 5.61. The number of hydrogen-bond donors (Lipinski definition) is 2. The molecule has 3 amide bonds. The Morgan fingerprint density at radius 3 is 2.36 bits per heavy atom. The lowest BCUT2D eigenvalue weighted by atomic mass is 9.96. The van der Waals surface area contributed by atoms with Crippen molar-refractivity contribution in [2.24, 2.45) is 5.92 Å². The summed E-state index contributed by atoms with van der Waals surface area (Å²) >= 11 is 1.56. The normalized spacial score (nSPS) is 13.5. The molecule has 0 bridgehead atoms. The summed E-state index contributed by atoms with van der Waals surface area (Å²) in [5.74, 6) is -0.215. The van der Waals surface area contributed by atoms with Gasteiger partial charge in [-0.2, -0.15) is 11.8 Å². The van der Waals surface area contributed by atoms with Crippen molar-refractivity contribution in [1.82, 2.24) is 15.5 Å². The molecule has 0 heterocycles. The number of amides is 3. The molecule has 1 rings (SSSR count). The molecule has 9 nitrogen and oxygen atoms in total. The Labute approximate surface area is 256 Å². The van der Waals surface area contributed by atoms with Crippen LogP contribution in [0.2, 0.25) is 0 Å². The number of benzene rings is 1. The predicted molar refractivity (Wildman–Crippen MR) is 170 cm³/mol. The zero-order valence-corrected chi connectivity index (χ0v) is 27.5. The van der Waals surface area contributed by atoms with Gasteiger partial charge in [0.25, 0.3) is 0 Å². The third kappa shape index (κ3) is 13.3. The number of esters is 1. The van der Waals surface area contributed by atoms with Gasteiger partial charge in [-0.15, -0.1) is 0 Å². The number of carbonyl (C=O) groups excluding carboxylic acids is 4. The first-order chi connectivity index (χ1) is 19.7. The molecule has 0 spiro atoms. The number of thioether (sulfide) groups is 1. The second-order valence-corrected chi connectivity index (χ2v) is 12.7. The maximum Gasteiger partial charge on any atom is 0.408 e. The number of carbonyl (C=O) groups is 4. The summed E-state index contributed by atoms with van der Waals surface area (Å²) in [6.45, 7) is 17.3. The summed E-state index contributed by atoms with van der Waals surface area (Å²) in [6, 6.07) is 5.05. The molecule has 3 atom stereocenters. The van der Waals surface area contributed by atoms with E-state index in [1.807, 2.05) is 31.4 Å². The quantitative estimate of drug-likeness (QED) is 0.218. The van der Waals surface area contributed by atoms with Gasteiger partial charge in [-0.3, -0.25) is 14.4 Å². The van der Waals surface area contributed by atoms with Crippen molar-refractivity contribution in [3.8, 4) is 0 Å². The van der Waals surface area contributed by atoms with Crippen LogP contribution in [0.1, 0.15) is 91.3 Å². The Hall–Kier alpha value is -3.01. The minimum absolute atomic E-state index is 0.00634. The van der Waals surface area contributed by atoms with Crippen molar-refractivity contribution in [3.63, 3.8) is 0 Å². The molecule has 0 radical (unpaired) electrons. The van der Waals surface area contributed by atoms with Gasteiger partial charge in [0.15, 0.2) is 0 Å². The summed E-state index contributed by atoms with van der Waals surface area (Å²) in [5.41, 5.74) is 0.657. The summed E-state index contributed by atoms with van der Waals surface area (Å²) < 4.78 is 10.5. The molecule has 0 aliphatic carbocycles. The highest BCUT2D eigenvalue weighted by molar-refractivity contribution is 7.98. The van der Waals surface area contributed by atoms with Crippen molar-refractivity contribution in [2.75, 3.05) is 25.2 Å². The van der Waals surface area contributed by atoms with Crippen LogP contribution in [0.25, 0.3) is 6.08 Å². The molecular weight excluding hydrogens is 554 g/mol. The molecular formula is C32H51N3O6S. The van der Waals surface area contributed by atoms with Gasteiger partial charge in [0, 0.05) is 12.6 Å². The van der Waals surface area contributed by atoms with Crippen molar-refractivity contribution < 1.29 is 28.7 Å². The summed E-state index contributed by atoms with van der Waals surface area (Å²) in [4.78, 5) is 54.7. The van der Waals surface area contributed by atoms with Crippen LogP contribution in [0.15, 0.2) is 30.8 Å². The Kier molecular flexibility index (Phi) is 16.3. The SMILES string of the molecule is C=Cc1cccc(C(C(=O)NCCC(=O)OCC)N(C(=O)C(CCSC)NC(=O)OC(C)(C)C)C(C)CCC(C)C)c1. The van der Waals surface area contributed by atoms with Gasteiger partial charge in [-0.25, -0.2) is 4.79 Å². The lowest BCUT2D eigenvalue weighted by molar-refractivity contribution is -0.146. The molecule has 0 aliphatic heterocycles. The van der Waals surface area contributed by atoms with Crippen molar-refractivity contribution in [1.29, 1.82) is 0 Å². The first-order valence-corrected chi connectivity index (χ1v) is 16.1. The number of nitrogens with one attached hydrogen (secondary N) is 2. The highest BCUT2D eigenvalue weighted by Crippen LogP contribution is 2.29. The lowest BCUT2D eigenvalue weighted by Gasteiger charge is -2.39. The third-order valence-corrected chi connectivity index (χ3v) is 7.06. The fourth-order valence-corrected chi connectivity index (χ4v) is 4.82. The molecule has 236 valence electrons. The molecule has 0 saturated heterocycles. The summed E-state index contributed by atoms with van der Waals surface area (Å²) in [7, 11) is 0. The van der Waals surface area contributed by atoms with Crippen LogP contribution in [0.4, 0.5) is 4.79 Å². The topological polar surface area (TPSA) is 114 Å². The van der Waals surface area contributed by atoms with Crippen LogP contribution in [0.5, 0.6) is 0 Å². The van der Waals surface area contributed by atoms with Crippen LogP contribution in [-0.2, 0) is 23.9 Å². The maximum absolute atomic E-state index is 14.4. The van der Waals surface area contributed by atoms with Gasteiger partial charge < -0.3 is 25.0 Å². The first kappa shape index (κ1) is 37.0. The van der Waals surface area contributed by atoms with Crippen molar-refractivity contribution in [2.45, 2.75) is 97.9 Å². The Balaban J connectivity index is 3.60. The monoisotopic (exact) mass is 605 g/mol. The van der Waals surface area contributed by atoms with Crippen molar-refractivity contribution in [3.05, 3.63) is 42.0 Å². The Morgan fingerprint density at radius 2 is 1.79 bits per heavy atom. The van der Waals surface area contributed by atoms with E-state index < -0.39 is 35.7 Å². The minimum Gasteiger partial charge on any atom is -0.466 e. The fourth-order valence-electron chi connectivity index (χ4n) is 4.35. The zero-order valence-electron chi connectivity index (χ0n) is 26.7. The molecule has 42 heavy (non-hydrogen) atoms. The first-order valence-electron chi connectivity index (χ1n) is 14.7. The number of ether oxygens (including phenoxy) is 2. The lowest BCUT2D eigenvalue weighted by Crippen LogP contribution is -2.55. The average Bonchev–Trinajstić information content (AvgIpc) is 2.91. The van der Waals surface area contributed by atoms with Crippen molar-refractivity contribution >= 4 is 41.7 Å². The van der Waals surface area contributed by atoms with Gasteiger partial charge in [0.2, 0.25) is 11.8 Å². The Bertz CT molecular complexity index is 1040. The molecule has 1 aromatic carbocycles. The molecule has 2 N–H and O–H groups in total. The van der Waals surface area contributed by atoms with Gasteiger partial charge in [-0.1, -0.05) is 44.7 Å². The fraction of sp³-hybridized carbons (Fsp3) is 0.625. The smallest absolute Gasteiger partial charge is 0.408 e. The number of hydrogen-bond acceptors (Lipinski definition) is 7. The number of nitrogens with zero attached hydrogens (tertiary/aromatic N) is 1.